The molecule has 0 aromatic carbocycles. The fourth-order valence-electron chi connectivity index (χ4n) is 3.80. The van der Waals surface area contributed by atoms with Crippen molar-refractivity contribution < 1.29 is 4.52 Å². The van der Waals surface area contributed by atoms with Crippen LogP contribution in [0.4, 0.5) is 5.82 Å². The Morgan fingerprint density at radius 1 is 1.18 bits per heavy atom. The molecule has 8 nitrogen and oxygen atoms in total. The highest BCUT2D eigenvalue weighted by molar-refractivity contribution is 5.88. The van der Waals surface area contributed by atoms with Crippen LogP contribution in [0.25, 0.3) is 22.4 Å². The first kappa shape index (κ1) is 16.9. The lowest BCUT2D eigenvalue weighted by molar-refractivity contribution is 0.368. The van der Waals surface area contributed by atoms with Crippen molar-refractivity contribution in [1.82, 2.24) is 29.9 Å². The first-order valence-corrected chi connectivity index (χ1v) is 9.48. The van der Waals surface area contributed by atoms with Gasteiger partial charge in [-0.05, 0) is 31.4 Å². The predicted octanol–water partition coefficient (Wildman–Crippen LogP) is 2.93. The molecular formula is C20H21N7O. The molecule has 1 aliphatic rings. The zero-order valence-electron chi connectivity index (χ0n) is 16.0. The second-order valence-electron chi connectivity index (χ2n) is 7.21. The fraction of sp³-hybridized carbons (Fsp3) is 0.350. The number of rotatable bonds is 4. The van der Waals surface area contributed by atoms with E-state index in [-0.39, 0.29) is 0 Å². The largest absolute Gasteiger partial charge is 0.361 e. The lowest BCUT2D eigenvalue weighted by Gasteiger charge is -2.19. The molecule has 0 fully saturated rings. The SMILES string of the molecule is CN(Cc1noc2c1CCCC2)c1nc(-c2cccnc2)nc2c1cnn2C. The topological polar surface area (TPSA) is 85.8 Å². The molecule has 0 saturated carbocycles. The number of fused-ring (bicyclic) bond motifs is 2. The van der Waals surface area contributed by atoms with Crippen LogP contribution in [0.5, 0.6) is 0 Å². The molecule has 0 atom stereocenters. The zero-order chi connectivity index (χ0) is 19.1. The van der Waals surface area contributed by atoms with Crippen molar-refractivity contribution in [1.29, 1.82) is 0 Å². The van der Waals surface area contributed by atoms with E-state index in [1.54, 1.807) is 17.1 Å². The fourth-order valence-corrected chi connectivity index (χ4v) is 3.80. The van der Waals surface area contributed by atoms with Gasteiger partial charge in [0.05, 0.1) is 18.1 Å². The Bertz CT molecular complexity index is 1130. The lowest BCUT2D eigenvalue weighted by Crippen LogP contribution is -2.20. The van der Waals surface area contributed by atoms with Crippen molar-refractivity contribution in [3.05, 3.63) is 47.7 Å². The van der Waals surface area contributed by atoms with Crippen LogP contribution in [0.3, 0.4) is 0 Å². The molecule has 0 amide bonds. The van der Waals surface area contributed by atoms with E-state index in [0.29, 0.717) is 12.4 Å². The molecule has 1 aliphatic carbocycles. The van der Waals surface area contributed by atoms with Crippen molar-refractivity contribution >= 4 is 16.9 Å². The quantitative estimate of drug-likeness (QED) is 0.542. The number of hydrogen-bond donors (Lipinski definition) is 0. The molecule has 0 saturated heterocycles. The van der Waals surface area contributed by atoms with E-state index in [1.165, 1.54) is 18.4 Å². The predicted molar refractivity (Wildman–Crippen MR) is 105 cm³/mol. The molecule has 0 spiro atoms. The monoisotopic (exact) mass is 375 g/mol. The normalized spacial score (nSPS) is 13.6. The standard InChI is InChI=1S/C20H21N7O/c1-26(12-16-14-7-3-4-8-17(14)28-25-16)19-15-11-22-27(2)20(15)24-18(23-19)13-6-5-9-21-10-13/h5-6,9-11H,3-4,7-8,12H2,1-2H3. The van der Waals surface area contributed by atoms with Crippen molar-refractivity contribution in [2.24, 2.45) is 7.05 Å². The van der Waals surface area contributed by atoms with Crippen molar-refractivity contribution in [2.75, 3.05) is 11.9 Å². The van der Waals surface area contributed by atoms with Gasteiger partial charge in [-0.3, -0.25) is 9.67 Å². The molecule has 0 N–H and O–H groups in total. The van der Waals surface area contributed by atoms with Gasteiger partial charge >= 0.3 is 0 Å². The van der Waals surface area contributed by atoms with Crippen molar-refractivity contribution in [2.45, 2.75) is 32.2 Å². The molecule has 8 heteroatoms. The third-order valence-electron chi connectivity index (χ3n) is 5.27. The van der Waals surface area contributed by atoms with Crippen LogP contribution in [-0.2, 0) is 26.4 Å². The van der Waals surface area contributed by atoms with E-state index in [2.05, 4.69) is 20.1 Å². The summed E-state index contributed by atoms with van der Waals surface area (Å²) in [4.78, 5) is 15.8. The van der Waals surface area contributed by atoms with Gasteiger partial charge in [0.25, 0.3) is 0 Å². The molecular weight excluding hydrogens is 354 g/mol. The summed E-state index contributed by atoms with van der Waals surface area (Å²) >= 11 is 0. The van der Waals surface area contributed by atoms with Crippen LogP contribution >= 0.6 is 0 Å². The lowest BCUT2D eigenvalue weighted by atomic mass is 9.96. The maximum atomic E-state index is 5.57. The van der Waals surface area contributed by atoms with Crippen LogP contribution in [-0.4, -0.2) is 36.9 Å². The Morgan fingerprint density at radius 3 is 2.93 bits per heavy atom. The minimum Gasteiger partial charge on any atom is -0.361 e. The Labute approximate surface area is 162 Å². The van der Waals surface area contributed by atoms with Gasteiger partial charge in [-0.15, -0.1) is 0 Å². The number of aromatic nitrogens is 6. The van der Waals surface area contributed by atoms with E-state index in [1.807, 2.05) is 32.4 Å². The minimum absolute atomic E-state index is 0.631. The molecule has 0 radical (unpaired) electrons. The summed E-state index contributed by atoms with van der Waals surface area (Å²) in [5, 5.41) is 9.63. The minimum atomic E-state index is 0.631. The number of nitrogens with zero attached hydrogens (tertiary/aromatic N) is 7. The van der Waals surface area contributed by atoms with E-state index in [4.69, 9.17) is 14.5 Å². The molecule has 0 aliphatic heterocycles. The zero-order valence-corrected chi connectivity index (χ0v) is 16.0. The summed E-state index contributed by atoms with van der Waals surface area (Å²) in [5.41, 5.74) is 3.93. The third kappa shape index (κ3) is 2.81. The van der Waals surface area contributed by atoms with Crippen LogP contribution in [0.15, 0.2) is 35.2 Å². The summed E-state index contributed by atoms with van der Waals surface area (Å²) < 4.78 is 7.34. The van der Waals surface area contributed by atoms with Gasteiger partial charge in [0, 0.05) is 44.0 Å². The average molecular weight is 375 g/mol. The molecule has 4 aromatic rings. The van der Waals surface area contributed by atoms with E-state index in [9.17, 15) is 0 Å². The Morgan fingerprint density at radius 2 is 2.07 bits per heavy atom. The summed E-state index contributed by atoms with van der Waals surface area (Å²) in [7, 11) is 3.91. The van der Waals surface area contributed by atoms with Crippen LogP contribution in [0.2, 0.25) is 0 Å². The average Bonchev–Trinajstić information content (AvgIpc) is 3.32. The third-order valence-corrected chi connectivity index (χ3v) is 5.27. The summed E-state index contributed by atoms with van der Waals surface area (Å²) in [6.45, 7) is 0.631. The number of pyridine rings is 1. The van der Waals surface area contributed by atoms with Crippen LogP contribution in [0, 0.1) is 0 Å². The molecule has 28 heavy (non-hydrogen) atoms. The highest BCUT2D eigenvalue weighted by Crippen LogP contribution is 2.29. The molecule has 0 unspecified atom stereocenters. The second-order valence-corrected chi connectivity index (χ2v) is 7.21. The second kappa shape index (κ2) is 6.70. The van der Waals surface area contributed by atoms with E-state index < -0.39 is 0 Å². The molecule has 142 valence electrons. The highest BCUT2D eigenvalue weighted by atomic mass is 16.5. The number of aryl methyl sites for hydroxylation is 2. The van der Waals surface area contributed by atoms with Gasteiger partial charge in [-0.1, -0.05) is 5.16 Å². The first-order valence-electron chi connectivity index (χ1n) is 9.48. The highest BCUT2D eigenvalue weighted by Gasteiger charge is 2.22. The van der Waals surface area contributed by atoms with Gasteiger partial charge in [-0.2, -0.15) is 5.10 Å². The summed E-state index contributed by atoms with van der Waals surface area (Å²) in [6, 6.07) is 3.85. The maximum Gasteiger partial charge on any atom is 0.165 e. The van der Waals surface area contributed by atoms with Crippen molar-refractivity contribution in [3.8, 4) is 11.4 Å². The summed E-state index contributed by atoms with van der Waals surface area (Å²) in [5.74, 6) is 2.50. The molecule has 5 rings (SSSR count). The van der Waals surface area contributed by atoms with Gasteiger partial charge in [0.15, 0.2) is 11.5 Å². The summed E-state index contributed by atoms with van der Waals surface area (Å²) in [6.07, 6.45) is 9.71. The van der Waals surface area contributed by atoms with Gasteiger partial charge < -0.3 is 9.42 Å². The first-order chi connectivity index (χ1) is 13.7. The smallest absolute Gasteiger partial charge is 0.165 e. The Balaban J connectivity index is 1.56. The van der Waals surface area contributed by atoms with E-state index >= 15 is 0 Å². The van der Waals surface area contributed by atoms with Gasteiger partial charge in [0.1, 0.15) is 17.3 Å². The number of anilines is 1. The maximum absolute atomic E-state index is 5.57. The molecule has 4 heterocycles. The van der Waals surface area contributed by atoms with Crippen LogP contribution < -0.4 is 4.90 Å². The number of hydrogen-bond acceptors (Lipinski definition) is 7. The Hall–Kier alpha value is -3.29. The van der Waals surface area contributed by atoms with Gasteiger partial charge in [0.2, 0.25) is 0 Å². The van der Waals surface area contributed by atoms with Crippen molar-refractivity contribution in [3.63, 3.8) is 0 Å². The van der Waals surface area contributed by atoms with Gasteiger partial charge in [-0.25, -0.2) is 9.97 Å². The Kier molecular flexibility index (Phi) is 4.03. The molecule has 0 bridgehead atoms. The van der Waals surface area contributed by atoms with E-state index in [0.717, 1.165) is 46.7 Å². The molecule has 4 aromatic heterocycles. The van der Waals surface area contributed by atoms with Crippen LogP contribution in [0.1, 0.15) is 29.9 Å².